The van der Waals surface area contributed by atoms with Gasteiger partial charge in [-0.25, -0.2) is 4.90 Å². The third kappa shape index (κ3) is 2.71. The lowest BCUT2D eigenvalue weighted by Crippen LogP contribution is -2.34. The minimum absolute atomic E-state index is 0.268. The van der Waals surface area contributed by atoms with Gasteiger partial charge in [-0.15, -0.1) is 0 Å². The van der Waals surface area contributed by atoms with Crippen molar-refractivity contribution in [1.29, 1.82) is 0 Å². The van der Waals surface area contributed by atoms with Gasteiger partial charge in [0, 0.05) is 18.1 Å². The number of benzene rings is 2. The number of aryl methyl sites for hydroxylation is 1. The zero-order valence-corrected chi connectivity index (χ0v) is 15.3. The number of nitrogens with zero attached hydrogens (tertiary/aromatic N) is 2. The van der Waals surface area contributed by atoms with Crippen LogP contribution in [0.5, 0.6) is 0 Å². The largest absolute Gasteiger partial charge is 0.366 e. The Labute approximate surface area is 157 Å². The summed E-state index contributed by atoms with van der Waals surface area (Å²) >= 11 is 6.23. The summed E-state index contributed by atoms with van der Waals surface area (Å²) in [4.78, 5) is 29.8. The molecule has 1 fully saturated rings. The van der Waals surface area contributed by atoms with Crippen LogP contribution in [-0.4, -0.2) is 29.8 Å². The molecule has 0 N–H and O–H groups in total. The van der Waals surface area contributed by atoms with Crippen molar-refractivity contribution in [2.24, 2.45) is 0 Å². The number of anilines is 1. The smallest absolute Gasteiger partial charge is 0.282 e. The molecular formula is C21H19ClN2O2. The van der Waals surface area contributed by atoms with Gasteiger partial charge in [-0.1, -0.05) is 48.0 Å². The van der Waals surface area contributed by atoms with Gasteiger partial charge in [0.25, 0.3) is 11.8 Å². The maximum absolute atomic E-state index is 13.3. The van der Waals surface area contributed by atoms with E-state index < -0.39 is 0 Å². The van der Waals surface area contributed by atoms with Gasteiger partial charge in [0.05, 0.1) is 11.3 Å². The number of carbonyl (C=O) groups excluding carboxylic acids is 2. The number of carbonyl (C=O) groups is 2. The van der Waals surface area contributed by atoms with E-state index in [1.807, 2.05) is 48.2 Å². The van der Waals surface area contributed by atoms with Crippen LogP contribution in [0.4, 0.5) is 5.69 Å². The van der Waals surface area contributed by atoms with Gasteiger partial charge in [0.1, 0.15) is 5.70 Å². The van der Waals surface area contributed by atoms with Crippen LogP contribution < -0.4 is 4.90 Å². The molecule has 4 rings (SSSR count). The lowest BCUT2D eigenvalue weighted by Gasteiger charge is -2.20. The van der Waals surface area contributed by atoms with Gasteiger partial charge in [0.15, 0.2) is 0 Å². The third-order valence-corrected chi connectivity index (χ3v) is 5.36. The molecule has 0 bridgehead atoms. The van der Waals surface area contributed by atoms with Crippen molar-refractivity contribution in [1.82, 2.24) is 4.90 Å². The number of halogens is 1. The highest BCUT2D eigenvalue weighted by Gasteiger charge is 2.42. The molecule has 4 nitrogen and oxygen atoms in total. The summed E-state index contributed by atoms with van der Waals surface area (Å²) in [6.07, 6.45) is 2.06. The summed E-state index contributed by atoms with van der Waals surface area (Å²) < 4.78 is 0. The second-order valence-corrected chi connectivity index (χ2v) is 7.07. The van der Waals surface area contributed by atoms with Crippen LogP contribution in [0.25, 0.3) is 5.57 Å². The molecule has 26 heavy (non-hydrogen) atoms. The Balaban J connectivity index is 1.83. The fraction of sp³-hybridized carbons (Fsp3) is 0.238. The Bertz CT molecular complexity index is 915. The number of rotatable bonds is 3. The van der Waals surface area contributed by atoms with E-state index >= 15 is 0 Å². The van der Waals surface area contributed by atoms with E-state index in [0.717, 1.165) is 37.1 Å². The number of amides is 2. The van der Waals surface area contributed by atoms with Crippen molar-refractivity contribution in [3.05, 3.63) is 70.4 Å². The number of hydrogen-bond donors (Lipinski definition) is 0. The molecule has 0 unspecified atom stereocenters. The molecule has 2 amide bonds. The lowest BCUT2D eigenvalue weighted by molar-refractivity contribution is -0.120. The first kappa shape index (κ1) is 16.9. The fourth-order valence-electron chi connectivity index (χ4n) is 3.57. The maximum Gasteiger partial charge on any atom is 0.282 e. The average Bonchev–Trinajstić information content (AvgIpc) is 3.25. The highest BCUT2D eigenvalue weighted by molar-refractivity contribution is 6.45. The van der Waals surface area contributed by atoms with Gasteiger partial charge in [-0.3, -0.25) is 9.59 Å². The molecule has 2 aromatic rings. The first-order valence-corrected chi connectivity index (χ1v) is 9.15. The molecule has 5 heteroatoms. The lowest BCUT2D eigenvalue weighted by atomic mass is 10.0. The Hall–Kier alpha value is -2.59. The van der Waals surface area contributed by atoms with Gasteiger partial charge in [-0.05, 0) is 43.0 Å². The summed E-state index contributed by atoms with van der Waals surface area (Å²) in [5, 5.41) is 0.541. The van der Waals surface area contributed by atoms with Gasteiger partial charge in [0.2, 0.25) is 0 Å². The fourth-order valence-corrected chi connectivity index (χ4v) is 3.75. The van der Waals surface area contributed by atoms with Gasteiger partial charge >= 0.3 is 0 Å². The van der Waals surface area contributed by atoms with E-state index in [1.165, 1.54) is 4.90 Å². The molecule has 0 aliphatic carbocycles. The van der Waals surface area contributed by atoms with Crippen molar-refractivity contribution >= 4 is 34.7 Å². The van der Waals surface area contributed by atoms with Crippen LogP contribution in [-0.2, 0) is 9.59 Å². The molecule has 2 heterocycles. The van der Waals surface area contributed by atoms with E-state index in [0.29, 0.717) is 22.0 Å². The van der Waals surface area contributed by atoms with Crippen LogP contribution >= 0.6 is 11.6 Å². The van der Waals surface area contributed by atoms with E-state index in [-0.39, 0.29) is 11.8 Å². The highest BCUT2D eigenvalue weighted by atomic mass is 35.5. The molecule has 2 aliphatic rings. The Morgan fingerprint density at radius 3 is 2.27 bits per heavy atom. The molecule has 2 aromatic carbocycles. The van der Waals surface area contributed by atoms with E-state index in [9.17, 15) is 9.59 Å². The topological polar surface area (TPSA) is 40.6 Å². The molecule has 0 spiro atoms. The standard InChI is InChI=1S/C21H19ClN2O2/c1-14-9-10-16(13-17(14)22)24-20(25)18(15-7-3-2-4-8-15)19(21(24)26)23-11-5-6-12-23/h2-4,7-10,13H,5-6,11-12H2,1H3. The summed E-state index contributed by atoms with van der Waals surface area (Å²) in [5.41, 5.74) is 3.18. The Kier molecular flexibility index (Phi) is 4.29. The van der Waals surface area contributed by atoms with Crippen LogP contribution in [0, 0.1) is 6.92 Å². The molecule has 0 atom stereocenters. The molecule has 132 valence electrons. The summed E-state index contributed by atoms with van der Waals surface area (Å²) in [6, 6.07) is 14.7. The summed E-state index contributed by atoms with van der Waals surface area (Å²) in [5.74, 6) is -0.557. The summed E-state index contributed by atoms with van der Waals surface area (Å²) in [6.45, 7) is 3.49. The number of imide groups is 1. The minimum atomic E-state index is -0.289. The summed E-state index contributed by atoms with van der Waals surface area (Å²) in [7, 11) is 0. The highest BCUT2D eigenvalue weighted by Crippen LogP contribution is 2.36. The van der Waals surface area contributed by atoms with Crippen molar-refractivity contribution < 1.29 is 9.59 Å². The van der Waals surface area contributed by atoms with E-state index in [1.54, 1.807) is 12.1 Å². The third-order valence-electron chi connectivity index (χ3n) is 4.96. The predicted molar refractivity (Wildman–Crippen MR) is 103 cm³/mol. The van der Waals surface area contributed by atoms with Crippen LogP contribution in [0.2, 0.25) is 5.02 Å². The normalized spacial score (nSPS) is 17.6. The SMILES string of the molecule is Cc1ccc(N2C(=O)C(c3ccccc3)=C(N3CCCC3)C2=O)cc1Cl. The second kappa shape index (κ2) is 6.61. The zero-order valence-electron chi connectivity index (χ0n) is 14.5. The maximum atomic E-state index is 13.3. The monoisotopic (exact) mass is 366 g/mol. The Morgan fingerprint density at radius 2 is 1.62 bits per heavy atom. The molecular weight excluding hydrogens is 348 g/mol. The van der Waals surface area contributed by atoms with Crippen molar-refractivity contribution in [2.75, 3.05) is 18.0 Å². The molecule has 0 aromatic heterocycles. The zero-order chi connectivity index (χ0) is 18.3. The number of hydrogen-bond acceptors (Lipinski definition) is 3. The molecule has 0 saturated carbocycles. The van der Waals surface area contributed by atoms with E-state index in [4.69, 9.17) is 11.6 Å². The van der Waals surface area contributed by atoms with Gasteiger partial charge in [-0.2, -0.15) is 0 Å². The van der Waals surface area contributed by atoms with Crippen molar-refractivity contribution in [3.8, 4) is 0 Å². The Morgan fingerprint density at radius 1 is 0.923 bits per heavy atom. The van der Waals surface area contributed by atoms with Crippen LogP contribution in [0.1, 0.15) is 24.0 Å². The quantitative estimate of drug-likeness (QED) is 0.770. The number of likely N-dealkylation sites (tertiary alicyclic amines) is 1. The predicted octanol–water partition coefficient (Wildman–Crippen LogP) is 4.03. The van der Waals surface area contributed by atoms with Gasteiger partial charge < -0.3 is 4.90 Å². The van der Waals surface area contributed by atoms with E-state index in [2.05, 4.69) is 0 Å². The molecule has 1 saturated heterocycles. The van der Waals surface area contributed by atoms with Crippen LogP contribution in [0.3, 0.4) is 0 Å². The second-order valence-electron chi connectivity index (χ2n) is 6.66. The average molecular weight is 367 g/mol. The van der Waals surface area contributed by atoms with Crippen LogP contribution in [0.15, 0.2) is 54.2 Å². The first-order valence-electron chi connectivity index (χ1n) is 8.77. The minimum Gasteiger partial charge on any atom is -0.366 e. The van der Waals surface area contributed by atoms with Crippen molar-refractivity contribution in [3.63, 3.8) is 0 Å². The molecule has 0 radical (unpaired) electrons. The first-order chi connectivity index (χ1) is 12.6. The van der Waals surface area contributed by atoms with Crippen molar-refractivity contribution in [2.45, 2.75) is 19.8 Å². The molecule has 2 aliphatic heterocycles.